The number of benzene rings is 1. The summed E-state index contributed by atoms with van der Waals surface area (Å²) in [7, 11) is 1.50. The molecule has 1 aromatic carbocycles. The maximum Gasteiger partial charge on any atom is 0.407 e. The van der Waals surface area contributed by atoms with E-state index >= 15 is 0 Å². The van der Waals surface area contributed by atoms with Crippen molar-refractivity contribution in [2.75, 3.05) is 13.7 Å². The van der Waals surface area contributed by atoms with Crippen LogP contribution in [-0.4, -0.2) is 42.8 Å². The van der Waals surface area contributed by atoms with Gasteiger partial charge in [0, 0.05) is 7.11 Å². The predicted molar refractivity (Wildman–Crippen MR) is 78.0 cm³/mol. The van der Waals surface area contributed by atoms with Gasteiger partial charge in [-0.25, -0.2) is 4.79 Å². The monoisotopic (exact) mass is 357 g/mol. The minimum absolute atomic E-state index is 0.163. The number of methoxy groups -OCH3 is 1. The Morgan fingerprint density at radius 2 is 2.10 bits per heavy atom. The molecule has 1 fully saturated rings. The van der Waals surface area contributed by atoms with E-state index in [-0.39, 0.29) is 13.2 Å². The average Bonchev–Trinajstić information content (AvgIpc) is 2.74. The molecule has 1 heterocycles. The Morgan fingerprint density at radius 3 is 2.76 bits per heavy atom. The highest BCUT2D eigenvalue weighted by Crippen LogP contribution is 2.22. The first-order valence-electron chi connectivity index (χ1n) is 6.42. The molecule has 0 spiro atoms. The van der Waals surface area contributed by atoms with Crippen LogP contribution in [0.4, 0.5) is 4.79 Å². The number of nitrogens with one attached hydrogen (secondary N) is 1. The van der Waals surface area contributed by atoms with E-state index < -0.39 is 29.0 Å². The summed E-state index contributed by atoms with van der Waals surface area (Å²) >= 11 is 3.20. The summed E-state index contributed by atoms with van der Waals surface area (Å²) < 4.78 is 15.2. The number of rotatable bonds is 5. The van der Waals surface area contributed by atoms with Gasteiger partial charge in [-0.05, 0) is 5.56 Å². The third-order valence-corrected chi connectivity index (χ3v) is 3.98. The zero-order chi connectivity index (χ0) is 15.2. The second-order valence-electron chi connectivity index (χ2n) is 4.56. The number of hydrogen-bond donors (Lipinski definition) is 1. The third kappa shape index (κ3) is 4.18. The van der Waals surface area contributed by atoms with Crippen molar-refractivity contribution >= 4 is 28.0 Å². The first-order valence-corrected chi connectivity index (χ1v) is 7.34. The highest BCUT2D eigenvalue weighted by atomic mass is 79.9. The van der Waals surface area contributed by atoms with Crippen LogP contribution in [0.5, 0.6) is 0 Å². The lowest BCUT2D eigenvalue weighted by Crippen LogP contribution is -2.46. The van der Waals surface area contributed by atoms with Gasteiger partial charge >= 0.3 is 12.1 Å². The minimum atomic E-state index is -0.609. The molecule has 1 aromatic rings. The van der Waals surface area contributed by atoms with Crippen LogP contribution in [0, 0.1) is 0 Å². The Morgan fingerprint density at radius 1 is 1.38 bits per heavy atom. The lowest BCUT2D eigenvalue weighted by molar-refractivity contribution is -0.142. The van der Waals surface area contributed by atoms with Crippen LogP contribution in [0.2, 0.25) is 0 Å². The van der Waals surface area contributed by atoms with Crippen LogP contribution < -0.4 is 5.32 Å². The maximum atomic E-state index is 11.8. The molecular formula is C14H16BrNO5. The molecule has 0 saturated carbocycles. The molecule has 7 heteroatoms. The molecule has 1 amide bonds. The fraction of sp³-hybridized carbons (Fsp3) is 0.429. The van der Waals surface area contributed by atoms with Crippen molar-refractivity contribution < 1.29 is 23.8 Å². The SMILES string of the molecule is COC[C@H]1OC(=O)[C@H](Br)[C@H]1NC(=O)OCc1ccccc1. The molecule has 0 aromatic heterocycles. The summed E-state index contributed by atoms with van der Waals surface area (Å²) in [6, 6.07) is 8.80. The van der Waals surface area contributed by atoms with E-state index in [1.807, 2.05) is 30.3 Å². The number of halogens is 1. The number of amides is 1. The first kappa shape index (κ1) is 15.8. The Balaban J connectivity index is 1.87. The Kier molecular flexibility index (Phi) is 5.58. The molecule has 0 unspecified atom stereocenters. The fourth-order valence-corrected chi connectivity index (χ4v) is 2.57. The molecule has 0 bridgehead atoms. The molecule has 3 atom stereocenters. The van der Waals surface area contributed by atoms with E-state index in [4.69, 9.17) is 14.2 Å². The Hall–Kier alpha value is -1.60. The summed E-state index contributed by atoms with van der Waals surface area (Å²) in [4.78, 5) is 22.7. The number of alkyl carbamates (subject to hydrolysis) is 1. The molecule has 2 rings (SSSR count). The predicted octanol–water partition coefficient (Wildman–Crippen LogP) is 1.62. The molecule has 114 valence electrons. The van der Waals surface area contributed by atoms with Crippen molar-refractivity contribution in [1.82, 2.24) is 5.32 Å². The smallest absolute Gasteiger partial charge is 0.407 e. The van der Waals surface area contributed by atoms with Gasteiger partial charge in [-0.1, -0.05) is 46.3 Å². The van der Waals surface area contributed by atoms with E-state index in [0.717, 1.165) is 5.56 Å². The third-order valence-electron chi connectivity index (χ3n) is 3.04. The van der Waals surface area contributed by atoms with Crippen molar-refractivity contribution in [3.05, 3.63) is 35.9 Å². The fourth-order valence-electron chi connectivity index (χ4n) is 1.99. The number of esters is 1. The van der Waals surface area contributed by atoms with E-state index in [1.54, 1.807) is 0 Å². The van der Waals surface area contributed by atoms with Gasteiger partial charge in [-0.3, -0.25) is 4.79 Å². The zero-order valence-electron chi connectivity index (χ0n) is 11.5. The summed E-state index contributed by atoms with van der Waals surface area (Å²) in [6.07, 6.45) is -1.14. The van der Waals surface area contributed by atoms with Crippen molar-refractivity contribution in [3.8, 4) is 0 Å². The molecule has 0 radical (unpaired) electrons. The molecule has 1 aliphatic rings. The van der Waals surface area contributed by atoms with Crippen molar-refractivity contribution in [1.29, 1.82) is 0 Å². The second kappa shape index (κ2) is 7.42. The molecule has 6 nitrogen and oxygen atoms in total. The van der Waals surface area contributed by atoms with Gasteiger partial charge in [-0.2, -0.15) is 0 Å². The normalized spacial score (nSPS) is 24.5. The standard InChI is InChI=1S/C14H16BrNO5/c1-19-8-10-12(11(15)13(17)21-10)16-14(18)20-7-9-5-3-2-4-6-9/h2-6,10-12H,7-8H2,1H3,(H,16,18)/t10-,11-,12+/m1/s1. The first-order chi connectivity index (χ1) is 10.1. The number of hydrogen-bond acceptors (Lipinski definition) is 5. The van der Waals surface area contributed by atoms with Crippen molar-refractivity contribution in [3.63, 3.8) is 0 Å². The lowest BCUT2D eigenvalue weighted by Gasteiger charge is -2.19. The highest BCUT2D eigenvalue weighted by Gasteiger charge is 2.44. The van der Waals surface area contributed by atoms with Gasteiger partial charge in [0.25, 0.3) is 0 Å². The van der Waals surface area contributed by atoms with Gasteiger partial charge < -0.3 is 19.5 Å². The minimum Gasteiger partial charge on any atom is -0.457 e. The van der Waals surface area contributed by atoms with Crippen LogP contribution in [0.15, 0.2) is 30.3 Å². The zero-order valence-corrected chi connectivity index (χ0v) is 13.0. The lowest BCUT2D eigenvalue weighted by atomic mass is 10.1. The van der Waals surface area contributed by atoms with Gasteiger partial charge in [0.05, 0.1) is 12.6 Å². The molecular weight excluding hydrogens is 342 g/mol. The Bertz CT molecular complexity index is 495. The van der Waals surface area contributed by atoms with Gasteiger partial charge in [0.1, 0.15) is 17.5 Å². The molecule has 21 heavy (non-hydrogen) atoms. The molecule has 1 saturated heterocycles. The van der Waals surface area contributed by atoms with Crippen LogP contribution in [0.25, 0.3) is 0 Å². The number of carbonyl (C=O) groups is 2. The Labute approximate surface area is 130 Å². The summed E-state index contributed by atoms with van der Waals surface area (Å²) in [5.74, 6) is -0.426. The van der Waals surface area contributed by atoms with E-state index in [2.05, 4.69) is 21.2 Å². The summed E-state index contributed by atoms with van der Waals surface area (Å²) in [5, 5.41) is 2.63. The summed E-state index contributed by atoms with van der Waals surface area (Å²) in [6.45, 7) is 0.369. The van der Waals surface area contributed by atoms with Crippen molar-refractivity contribution in [2.24, 2.45) is 0 Å². The number of alkyl halides is 1. The van der Waals surface area contributed by atoms with Gasteiger partial charge in [0.15, 0.2) is 0 Å². The number of cyclic esters (lactones) is 1. The van der Waals surface area contributed by atoms with E-state index in [9.17, 15) is 9.59 Å². The van der Waals surface area contributed by atoms with E-state index in [1.165, 1.54) is 7.11 Å². The van der Waals surface area contributed by atoms with Gasteiger partial charge in [0.2, 0.25) is 0 Å². The average molecular weight is 358 g/mol. The summed E-state index contributed by atoms with van der Waals surface area (Å²) in [5.41, 5.74) is 0.884. The largest absolute Gasteiger partial charge is 0.457 e. The van der Waals surface area contributed by atoms with Crippen molar-refractivity contribution in [2.45, 2.75) is 23.6 Å². The van der Waals surface area contributed by atoms with Crippen LogP contribution in [0.1, 0.15) is 5.56 Å². The quantitative estimate of drug-likeness (QED) is 0.640. The van der Waals surface area contributed by atoms with Crippen LogP contribution in [0.3, 0.4) is 0 Å². The second-order valence-corrected chi connectivity index (χ2v) is 5.55. The van der Waals surface area contributed by atoms with Gasteiger partial charge in [-0.15, -0.1) is 0 Å². The molecule has 1 N–H and O–H groups in total. The highest BCUT2D eigenvalue weighted by molar-refractivity contribution is 9.10. The topological polar surface area (TPSA) is 73.9 Å². The number of carbonyl (C=O) groups excluding carboxylic acids is 2. The molecule has 0 aliphatic carbocycles. The molecule has 1 aliphatic heterocycles. The van der Waals surface area contributed by atoms with E-state index in [0.29, 0.717) is 0 Å². The van der Waals surface area contributed by atoms with Crippen LogP contribution >= 0.6 is 15.9 Å². The number of ether oxygens (including phenoxy) is 3. The maximum absolute atomic E-state index is 11.8. The van der Waals surface area contributed by atoms with Crippen LogP contribution in [-0.2, 0) is 25.6 Å².